The quantitative estimate of drug-likeness (QED) is 0.339. The minimum atomic E-state index is -4.50. The first-order valence-corrected chi connectivity index (χ1v) is 13.4. The van der Waals surface area contributed by atoms with Gasteiger partial charge in [-0.2, -0.15) is 13.2 Å². The van der Waals surface area contributed by atoms with Crippen LogP contribution in [0.5, 0.6) is 5.75 Å². The second-order valence-corrected chi connectivity index (χ2v) is 12.0. The van der Waals surface area contributed by atoms with Crippen molar-refractivity contribution in [3.05, 3.63) is 69.5 Å². The molecule has 0 aromatic heterocycles. The Bertz CT molecular complexity index is 1300. The predicted molar refractivity (Wildman–Crippen MR) is 143 cm³/mol. The minimum Gasteiger partial charge on any atom is -0.496 e. The van der Waals surface area contributed by atoms with Gasteiger partial charge in [0, 0.05) is 18.2 Å². The van der Waals surface area contributed by atoms with E-state index < -0.39 is 30.0 Å². The van der Waals surface area contributed by atoms with Gasteiger partial charge in [0.25, 0.3) is 0 Å². The van der Waals surface area contributed by atoms with Crippen LogP contribution in [0.1, 0.15) is 93.7 Å². The van der Waals surface area contributed by atoms with Gasteiger partial charge in [-0.05, 0) is 84.9 Å². The molecule has 1 fully saturated rings. The van der Waals surface area contributed by atoms with Gasteiger partial charge in [0.05, 0.1) is 18.7 Å². The summed E-state index contributed by atoms with van der Waals surface area (Å²) in [7, 11) is 1.52. The van der Waals surface area contributed by atoms with Crippen LogP contribution in [0, 0.1) is 18.2 Å². The Balaban J connectivity index is 1.74. The highest BCUT2D eigenvalue weighted by Crippen LogP contribution is 2.46. The van der Waals surface area contributed by atoms with Gasteiger partial charge in [0.15, 0.2) is 0 Å². The van der Waals surface area contributed by atoms with E-state index in [-0.39, 0.29) is 23.7 Å². The van der Waals surface area contributed by atoms with Crippen LogP contribution in [0.25, 0.3) is 5.57 Å². The molecule has 2 atom stereocenters. The van der Waals surface area contributed by atoms with Crippen molar-refractivity contribution in [1.29, 1.82) is 0 Å². The monoisotopic (exact) mass is 547 g/mol. The van der Waals surface area contributed by atoms with E-state index in [1.54, 1.807) is 24.8 Å². The number of alkyl halides is 3. The summed E-state index contributed by atoms with van der Waals surface area (Å²) in [4.78, 5) is 14.7. The third-order valence-electron chi connectivity index (χ3n) is 7.95. The molecule has 4 nitrogen and oxygen atoms in total. The van der Waals surface area contributed by atoms with Crippen molar-refractivity contribution in [2.24, 2.45) is 5.41 Å². The fourth-order valence-electron chi connectivity index (χ4n) is 5.81. The molecule has 0 spiro atoms. The standard InChI is InChI=1S/C31H37F4NO3/c1-17(2)24-13-25(27(38-7)14-26(24)32)23-8-9-30(5,6)15-21(23)16-36-19(4)28(39-29(36)37)20-10-18(3)11-22(12-20)31(33,34)35/h10-14,17,19,28H,8-9,15-16H2,1-7H3/t19-,28+/m0/s1. The summed E-state index contributed by atoms with van der Waals surface area (Å²) in [5.41, 5.74) is 3.45. The molecular weight excluding hydrogens is 510 g/mol. The molecule has 4 rings (SSSR count). The average molecular weight is 548 g/mol. The first-order valence-electron chi connectivity index (χ1n) is 13.4. The molecule has 1 heterocycles. The summed E-state index contributed by atoms with van der Waals surface area (Å²) in [5.74, 6) is 0.0994. The van der Waals surface area contributed by atoms with Crippen molar-refractivity contribution >= 4 is 11.7 Å². The largest absolute Gasteiger partial charge is 0.496 e. The van der Waals surface area contributed by atoms with Crippen molar-refractivity contribution in [1.82, 2.24) is 4.90 Å². The maximum absolute atomic E-state index is 14.8. The number of methoxy groups -OCH3 is 1. The van der Waals surface area contributed by atoms with E-state index in [1.807, 2.05) is 19.9 Å². The third-order valence-corrected chi connectivity index (χ3v) is 7.95. The van der Waals surface area contributed by atoms with E-state index >= 15 is 0 Å². The highest BCUT2D eigenvalue weighted by atomic mass is 19.4. The van der Waals surface area contributed by atoms with Gasteiger partial charge in [-0.1, -0.05) is 39.3 Å². The number of rotatable bonds is 6. The van der Waals surface area contributed by atoms with Gasteiger partial charge in [-0.15, -0.1) is 0 Å². The second kappa shape index (κ2) is 10.5. The fourth-order valence-corrected chi connectivity index (χ4v) is 5.81. The number of nitrogens with zero attached hydrogens (tertiary/aromatic N) is 1. The molecule has 0 saturated carbocycles. The summed E-state index contributed by atoms with van der Waals surface area (Å²) in [6.07, 6.45) is -3.53. The molecule has 0 radical (unpaired) electrons. The molecule has 0 unspecified atom stereocenters. The third kappa shape index (κ3) is 5.94. The summed E-state index contributed by atoms with van der Waals surface area (Å²) in [5, 5.41) is 0. The molecule has 2 aliphatic rings. The van der Waals surface area contributed by atoms with Gasteiger partial charge in [-0.25, -0.2) is 9.18 Å². The highest BCUT2D eigenvalue weighted by molar-refractivity contribution is 5.77. The zero-order chi connectivity index (χ0) is 28.9. The van der Waals surface area contributed by atoms with E-state index in [9.17, 15) is 22.4 Å². The van der Waals surface area contributed by atoms with Crippen LogP contribution in [0.15, 0.2) is 35.9 Å². The molecule has 1 aliphatic carbocycles. The van der Waals surface area contributed by atoms with E-state index in [4.69, 9.17) is 9.47 Å². The van der Waals surface area contributed by atoms with Crippen LogP contribution in [-0.2, 0) is 10.9 Å². The molecule has 0 bridgehead atoms. The van der Waals surface area contributed by atoms with Crippen molar-refractivity contribution in [3.8, 4) is 5.75 Å². The van der Waals surface area contributed by atoms with Crippen molar-refractivity contribution in [2.45, 2.75) is 85.0 Å². The number of ether oxygens (including phenoxy) is 2. The summed E-state index contributed by atoms with van der Waals surface area (Å²) in [6, 6.07) is 6.58. The SMILES string of the molecule is COc1cc(F)c(C(C)C)cc1C1=C(CN2C(=O)O[C@@H](c3cc(C)cc(C(F)(F)F)c3)[C@@H]2C)CC(C)(C)CC1. The van der Waals surface area contributed by atoms with Crippen molar-refractivity contribution in [2.75, 3.05) is 13.7 Å². The Morgan fingerprint density at radius 2 is 1.85 bits per heavy atom. The van der Waals surface area contributed by atoms with Crippen LogP contribution in [0.3, 0.4) is 0 Å². The smallest absolute Gasteiger partial charge is 0.416 e. The van der Waals surface area contributed by atoms with Gasteiger partial charge in [0.2, 0.25) is 0 Å². The molecule has 212 valence electrons. The minimum absolute atomic E-state index is 0.0165. The molecule has 2 aromatic rings. The molecule has 1 saturated heterocycles. The molecule has 0 N–H and O–H groups in total. The molecular formula is C31H37F4NO3. The number of allylic oxidation sites excluding steroid dienone is 1. The number of hydrogen-bond donors (Lipinski definition) is 0. The zero-order valence-corrected chi connectivity index (χ0v) is 23.6. The first kappa shape index (κ1) is 29.0. The van der Waals surface area contributed by atoms with Gasteiger partial charge in [0.1, 0.15) is 17.7 Å². The number of cyclic esters (lactones) is 1. The molecule has 1 aliphatic heterocycles. The number of carbonyl (C=O) groups excluding carboxylic acids is 1. The van der Waals surface area contributed by atoms with Gasteiger partial charge < -0.3 is 9.47 Å². The van der Waals surface area contributed by atoms with Gasteiger partial charge in [-0.3, -0.25) is 4.90 Å². The Morgan fingerprint density at radius 1 is 1.15 bits per heavy atom. The summed E-state index contributed by atoms with van der Waals surface area (Å²) < 4.78 is 66.5. The number of benzene rings is 2. The molecule has 8 heteroatoms. The number of carbonyl (C=O) groups is 1. The lowest BCUT2D eigenvalue weighted by atomic mass is 9.72. The summed E-state index contributed by atoms with van der Waals surface area (Å²) >= 11 is 0. The van der Waals surface area contributed by atoms with Crippen LogP contribution < -0.4 is 4.74 Å². The lowest BCUT2D eigenvalue weighted by molar-refractivity contribution is -0.137. The zero-order valence-electron chi connectivity index (χ0n) is 23.6. The molecule has 2 aromatic carbocycles. The normalized spacial score (nSPS) is 21.5. The second-order valence-electron chi connectivity index (χ2n) is 12.0. The molecule has 1 amide bonds. The Kier molecular flexibility index (Phi) is 7.80. The highest BCUT2D eigenvalue weighted by Gasteiger charge is 2.42. The Morgan fingerprint density at radius 3 is 2.46 bits per heavy atom. The Labute approximate surface area is 228 Å². The topological polar surface area (TPSA) is 38.8 Å². The summed E-state index contributed by atoms with van der Waals surface area (Å²) in [6.45, 7) is 11.9. The van der Waals surface area contributed by atoms with E-state index in [1.165, 1.54) is 13.2 Å². The maximum atomic E-state index is 14.8. The van der Waals surface area contributed by atoms with Crippen LogP contribution in [0.4, 0.5) is 22.4 Å². The van der Waals surface area contributed by atoms with Crippen molar-refractivity contribution in [3.63, 3.8) is 0 Å². The molecule has 39 heavy (non-hydrogen) atoms. The van der Waals surface area contributed by atoms with Crippen molar-refractivity contribution < 1.29 is 31.8 Å². The average Bonchev–Trinajstić information content (AvgIpc) is 3.11. The number of aryl methyl sites for hydroxylation is 1. The Hall–Kier alpha value is -3.03. The van der Waals surface area contributed by atoms with Crippen LogP contribution >= 0.6 is 0 Å². The lowest BCUT2D eigenvalue weighted by Crippen LogP contribution is -2.35. The van der Waals surface area contributed by atoms with Gasteiger partial charge >= 0.3 is 12.3 Å². The fraction of sp³-hybridized carbons (Fsp3) is 0.516. The number of hydrogen-bond acceptors (Lipinski definition) is 3. The maximum Gasteiger partial charge on any atom is 0.416 e. The lowest BCUT2D eigenvalue weighted by Gasteiger charge is -2.36. The van der Waals surface area contributed by atoms with Crippen LogP contribution in [-0.4, -0.2) is 30.7 Å². The predicted octanol–water partition coefficient (Wildman–Crippen LogP) is 8.83. The number of amides is 1. The van der Waals surface area contributed by atoms with E-state index in [2.05, 4.69) is 13.8 Å². The first-order chi connectivity index (χ1) is 18.1. The van der Waals surface area contributed by atoms with E-state index in [0.29, 0.717) is 28.9 Å². The van der Waals surface area contributed by atoms with Crippen LogP contribution in [0.2, 0.25) is 0 Å². The number of halogens is 4. The van der Waals surface area contributed by atoms with E-state index in [0.717, 1.165) is 41.7 Å².